The topological polar surface area (TPSA) is 50.8 Å². The molecule has 0 radical (unpaired) electrons. The summed E-state index contributed by atoms with van der Waals surface area (Å²) >= 11 is 0. The predicted molar refractivity (Wildman–Crippen MR) is 79.7 cm³/mol. The maximum atomic E-state index is 12.1. The molecule has 0 spiro atoms. The van der Waals surface area contributed by atoms with Crippen LogP contribution in [0.3, 0.4) is 0 Å². The van der Waals surface area contributed by atoms with Crippen molar-refractivity contribution in [3.63, 3.8) is 0 Å². The maximum absolute atomic E-state index is 12.1. The molecule has 1 atom stereocenters. The van der Waals surface area contributed by atoms with Gasteiger partial charge in [0, 0.05) is 24.7 Å². The number of nitrogens with zero attached hydrogens (tertiary/aromatic N) is 1. The number of likely N-dealkylation sites (N-methyl/N-ethyl adjacent to an activating group) is 1. The number of piperidine rings is 1. The largest absolute Gasteiger partial charge is 0.491 e. The van der Waals surface area contributed by atoms with Gasteiger partial charge < -0.3 is 19.7 Å². The summed E-state index contributed by atoms with van der Waals surface area (Å²) < 4.78 is 11.3. The summed E-state index contributed by atoms with van der Waals surface area (Å²) in [5.41, 5.74) is 1.15. The quantitative estimate of drug-likeness (QED) is 0.917. The van der Waals surface area contributed by atoms with Gasteiger partial charge >= 0.3 is 0 Å². The lowest BCUT2D eigenvalue weighted by Gasteiger charge is -2.26. The second-order valence-corrected chi connectivity index (χ2v) is 5.58. The van der Waals surface area contributed by atoms with Gasteiger partial charge in [0.2, 0.25) is 0 Å². The zero-order valence-corrected chi connectivity index (χ0v) is 12.4. The van der Waals surface area contributed by atoms with Gasteiger partial charge in [0.1, 0.15) is 18.1 Å². The molecule has 1 aromatic rings. The van der Waals surface area contributed by atoms with Crippen molar-refractivity contribution in [2.45, 2.75) is 25.3 Å². The Labute approximate surface area is 125 Å². The highest BCUT2D eigenvalue weighted by Gasteiger charge is 2.23. The molecule has 2 aliphatic heterocycles. The smallest absolute Gasteiger partial charge is 0.260 e. The predicted octanol–water partition coefficient (Wildman–Crippen LogP) is 1.73. The first-order valence-electron chi connectivity index (χ1n) is 7.62. The highest BCUT2D eigenvalue weighted by Crippen LogP contribution is 2.34. The van der Waals surface area contributed by atoms with Crippen LogP contribution in [0, 0.1) is 0 Å². The van der Waals surface area contributed by atoms with Gasteiger partial charge in [-0.25, -0.2) is 0 Å². The van der Waals surface area contributed by atoms with Crippen LogP contribution >= 0.6 is 0 Å². The van der Waals surface area contributed by atoms with Gasteiger partial charge in [-0.2, -0.15) is 0 Å². The summed E-state index contributed by atoms with van der Waals surface area (Å²) in [6.07, 6.45) is 3.42. The molecule has 5 heteroatoms. The van der Waals surface area contributed by atoms with Crippen LogP contribution in [0.15, 0.2) is 18.2 Å². The van der Waals surface area contributed by atoms with E-state index in [9.17, 15) is 4.79 Å². The van der Waals surface area contributed by atoms with Crippen molar-refractivity contribution in [3.05, 3.63) is 23.8 Å². The molecular formula is C16H22N2O3. The van der Waals surface area contributed by atoms with E-state index in [2.05, 4.69) is 5.32 Å². The fraction of sp³-hybridized carbons (Fsp3) is 0.562. The number of hydrogen-bond donors (Lipinski definition) is 1. The molecule has 1 unspecified atom stereocenters. The molecule has 0 saturated carbocycles. The van der Waals surface area contributed by atoms with E-state index in [1.54, 1.807) is 0 Å². The Morgan fingerprint density at radius 3 is 2.95 bits per heavy atom. The highest BCUT2D eigenvalue weighted by atomic mass is 16.5. The lowest BCUT2D eigenvalue weighted by molar-refractivity contribution is -0.134. The van der Waals surface area contributed by atoms with E-state index in [0.717, 1.165) is 37.2 Å². The molecular weight excluding hydrogens is 268 g/mol. The molecule has 1 aromatic carbocycles. The molecule has 0 bridgehead atoms. The third-order valence-electron chi connectivity index (χ3n) is 4.19. The highest BCUT2D eigenvalue weighted by molar-refractivity contribution is 5.77. The lowest BCUT2D eigenvalue weighted by Crippen LogP contribution is -2.38. The van der Waals surface area contributed by atoms with Gasteiger partial charge in [-0.15, -0.1) is 0 Å². The Kier molecular flexibility index (Phi) is 4.29. The summed E-state index contributed by atoms with van der Waals surface area (Å²) in [4.78, 5) is 14.0. The summed E-state index contributed by atoms with van der Waals surface area (Å²) in [6.45, 7) is 2.47. The first-order chi connectivity index (χ1) is 10.3. The molecule has 1 fully saturated rings. The molecule has 114 valence electrons. The Bertz CT molecular complexity index is 512. The minimum Gasteiger partial charge on any atom is -0.491 e. The minimum atomic E-state index is 0.0734. The van der Waals surface area contributed by atoms with Gasteiger partial charge in [-0.1, -0.05) is 0 Å². The summed E-state index contributed by atoms with van der Waals surface area (Å²) in [5, 5.41) is 3.21. The fourth-order valence-corrected chi connectivity index (χ4v) is 2.90. The Balaban J connectivity index is 1.57. The number of ether oxygens (including phenoxy) is 2. The van der Waals surface area contributed by atoms with Gasteiger partial charge in [-0.05, 0) is 38.4 Å². The molecule has 0 aromatic heterocycles. The van der Waals surface area contributed by atoms with Crippen LogP contribution in [0.5, 0.6) is 11.5 Å². The van der Waals surface area contributed by atoms with Crippen LogP contribution in [0.25, 0.3) is 0 Å². The zero-order chi connectivity index (χ0) is 14.7. The summed E-state index contributed by atoms with van der Waals surface area (Å²) in [7, 11) is 1.92. The van der Waals surface area contributed by atoms with Gasteiger partial charge in [0.15, 0.2) is 6.61 Å². The zero-order valence-electron chi connectivity index (χ0n) is 12.4. The number of benzene rings is 1. The monoisotopic (exact) mass is 290 g/mol. The van der Waals surface area contributed by atoms with Crippen molar-refractivity contribution in [1.82, 2.24) is 10.2 Å². The molecule has 1 saturated heterocycles. The fourth-order valence-electron chi connectivity index (χ4n) is 2.90. The second-order valence-electron chi connectivity index (χ2n) is 5.58. The van der Waals surface area contributed by atoms with Crippen molar-refractivity contribution in [2.24, 2.45) is 0 Å². The molecule has 3 rings (SSSR count). The van der Waals surface area contributed by atoms with Crippen molar-refractivity contribution < 1.29 is 14.3 Å². The van der Waals surface area contributed by atoms with Crippen LogP contribution < -0.4 is 14.8 Å². The summed E-state index contributed by atoms with van der Waals surface area (Å²) in [6, 6.07) is 6.02. The van der Waals surface area contributed by atoms with Crippen LogP contribution in [0.4, 0.5) is 0 Å². The number of carbonyl (C=O) groups excluding carboxylic acids is 1. The first kappa shape index (κ1) is 14.2. The van der Waals surface area contributed by atoms with E-state index in [-0.39, 0.29) is 18.6 Å². The van der Waals surface area contributed by atoms with E-state index in [0.29, 0.717) is 12.4 Å². The molecule has 2 heterocycles. The number of hydrogen-bond acceptors (Lipinski definition) is 4. The standard InChI is InChI=1S/C16H22N2O3/c1-17-14-10-21-15-9-12(5-6-13(14)15)20-11-16(19)18-7-3-2-4-8-18/h5-6,9,14,17H,2-4,7-8,10-11H2,1H3. The van der Waals surface area contributed by atoms with Gasteiger partial charge in [0.25, 0.3) is 5.91 Å². The maximum Gasteiger partial charge on any atom is 0.260 e. The average Bonchev–Trinajstić information content (AvgIpc) is 2.95. The third kappa shape index (κ3) is 3.13. The molecule has 1 N–H and O–H groups in total. The first-order valence-corrected chi connectivity index (χ1v) is 7.62. The van der Waals surface area contributed by atoms with E-state index >= 15 is 0 Å². The molecule has 5 nitrogen and oxygen atoms in total. The average molecular weight is 290 g/mol. The SMILES string of the molecule is CNC1COc2cc(OCC(=O)N3CCCCC3)ccc21. The number of nitrogens with one attached hydrogen (secondary N) is 1. The van der Waals surface area contributed by atoms with Crippen LogP contribution in [-0.4, -0.2) is 44.2 Å². The van der Waals surface area contributed by atoms with Crippen molar-refractivity contribution in [2.75, 3.05) is 33.4 Å². The van der Waals surface area contributed by atoms with Crippen LogP contribution in [0.2, 0.25) is 0 Å². The second kappa shape index (κ2) is 6.35. The van der Waals surface area contributed by atoms with Crippen LogP contribution in [-0.2, 0) is 4.79 Å². The normalized spacial score (nSPS) is 20.8. The number of likely N-dealkylation sites (tertiary alicyclic amines) is 1. The van der Waals surface area contributed by atoms with E-state index in [1.807, 2.05) is 30.1 Å². The summed E-state index contributed by atoms with van der Waals surface area (Å²) in [5.74, 6) is 1.61. The van der Waals surface area contributed by atoms with Crippen molar-refractivity contribution >= 4 is 5.91 Å². The minimum absolute atomic E-state index is 0.0734. The van der Waals surface area contributed by atoms with Gasteiger partial charge in [0.05, 0.1) is 6.04 Å². The third-order valence-corrected chi connectivity index (χ3v) is 4.19. The van der Waals surface area contributed by atoms with Crippen LogP contribution in [0.1, 0.15) is 30.9 Å². The van der Waals surface area contributed by atoms with E-state index in [1.165, 1.54) is 6.42 Å². The number of fused-ring (bicyclic) bond motifs is 1. The molecule has 2 aliphatic rings. The number of amides is 1. The van der Waals surface area contributed by atoms with E-state index in [4.69, 9.17) is 9.47 Å². The van der Waals surface area contributed by atoms with Gasteiger partial charge in [-0.3, -0.25) is 4.79 Å². The lowest BCUT2D eigenvalue weighted by atomic mass is 10.1. The van der Waals surface area contributed by atoms with Crippen molar-refractivity contribution in [3.8, 4) is 11.5 Å². The molecule has 21 heavy (non-hydrogen) atoms. The number of carbonyl (C=O) groups is 1. The molecule has 1 amide bonds. The number of rotatable bonds is 4. The Hall–Kier alpha value is -1.75. The van der Waals surface area contributed by atoms with Crippen molar-refractivity contribution in [1.29, 1.82) is 0 Å². The Morgan fingerprint density at radius 1 is 1.38 bits per heavy atom. The molecule has 0 aliphatic carbocycles. The van der Waals surface area contributed by atoms with E-state index < -0.39 is 0 Å². The Morgan fingerprint density at radius 2 is 2.19 bits per heavy atom.